The van der Waals surface area contributed by atoms with Gasteiger partial charge in [-0.3, -0.25) is 4.79 Å². The summed E-state index contributed by atoms with van der Waals surface area (Å²) in [7, 11) is 0. The topological polar surface area (TPSA) is 90.4 Å². The highest BCUT2D eigenvalue weighted by molar-refractivity contribution is 6.04. The molecule has 3 atom stereocenters. The van der Waals surface area contributed by atoms with Crippen LogP contribution in [0.1, 0.15) is 36.5 Å². The smallest absolute Gasteiger partial charge is 0.257 e. The number of fused-ring (bicyclic) bond motifs is 2. The molecule has 2 saturated heterocycles. The van der Waals surface area contributed by atoms with Crippen LogP contribution in [0.25, 0.3) is 0 Å². The first-order valence-corrected chi connectivity index (χ1v) is 12.4. The number of nitrogens with zero attached hydrogens (tertiary/aromatic N) is 7. The minimum Gasteiger partial charge on any atom is -0.353 e. The number of carbonyl (C=O) groups excluding carboxylic acids is 1. The van der Waals surface area contributed by atoms with E-state index in [2.05, 4.69) is 46.9 Å². The van der Waals surface area contributed by atoms with E-state index in [1.54, 1.807) is 18.6 Å². The predicted molar refractivity (Wildman–Crippen MR) is 136 cm³/mol. The first-order valence-electron chi connectivity index (χ1n) is 12.4. The maximum Gasteiger partial charge on any atom is 0.257 e. The van der Waals surface area contributed by atoms with Gasteiger partial charge in [0.2, 0.25) is 5.95 Å². The molecule has 9 nitrogen and oxygen atoms in total. The van der Waals surface area contributed by atoms with Crippen molar-refractivity contribution in [3.63, 3.8) is 0 Å². The number of carbonyl (C=O) groups is 1. The van der Waals surface area contributed by atoms with Crippen molar-refractivity contribution in [2.75, 3.05) is 46.2 Å². The lowest BCUT2D eigenvalue weighted by Crippen LogP contribution is -2.53. The lowest BCUT2D eigenvalue weighted by Gasteiger charge is -2.40. The number of nitrogens with one attached hydrogen (secondary N) is 1. The Kier molecular flexibility index (Phi) is 5.67. The van der Waals surface area contributed by atoms with Gasteiger partial charge in [-0.25, -0.2) is 19.9 Å². The minimum atomic E-state index is -0.208. The van der Waals surface area contributed by atoms with Crippen molar-refractivity contribution in [3.05, 3.63) is 60.7 Å². The zero-order valence-electron chi connectivity index (χ0n) is 19.9. The summed E-state index contributed by atoms with van der Waals surface area (Å²) in [5, 5.41) is 2.89. The summed E-state index contributed by atoms with van der Waals surface area (Å²) >= 11 is 0. The van der Waals surface area contributed by atoms with Crippen LogP contribution in [0.15, 0.2) is 55.1 Å². The second kappa shape index (κ2) is 9.13. The van der Waals surface area contributed by atoms with Crippen molar-refractivity contribution in [1.82, 2.24) is 19.9 Å². The molecule has 0 aromatic carbocycles. The van der Waals surface area contributed by atoms with E-state index in [0.29, 0.717) is 23.2 Å². The van der Waals surface area contributed by atoms with Gasteiger partial charge in [-0.1, -0.05) is 6.07 Å². The summed E-state index contributed by atoms with van der Waals surface area (Å²) < 4.78 is 0. The zero-order chi connectivity index (χ0) is 23.8. The molecule has 3 fully saturated rings. The Bertz CT molecular complexity index is 1170. The first kappa shape index (κ1) is 21.8. The number of anilines is 4. The van der Waals surface area contributed by atoms with Gasteiger partial charge in [0.05, 0.1) is 23.6 Å². The molecule has 6 rings (SSSR count). The molecule has 2 unspecified atom stereocenters. The summed E-state index contributed by atoms with van der Waals surface area (Å²) in [6, 6.07) is 10.6. The van der Waals surface area contributed by atoms with Gasteiger partial charge in [-0.15, -0.1) is 0 Å². The van der Waals surface area contributed by atoms with Gasteiger partial charge in [0.25, 0.3) is 5.91 Å². The minimum absolute atomic E-state index is 0.208. The van der Waals surface area contributed by atoms with Crippen molar-refractivity contribution < 1.29 is 4.79 Å². The second-order valence-electron chi connectivity index (χ2n) is 9.79. The Balaban J connectivity index is 1.06. The third-order valence-corrected chi connectivity index (χ3v) is 7.47. The first-order chi connectivity index (χ1) is 17.1. The fourth-order valence-corrected chi connectivity index (χ4v) is 5.64. The zero-order valence-corrected chi connectivity index (χ0v) is 19.9. The van der Waals surface area contributed by atoms with Gasteiger partial charge in [0.1, 0.15) is 11.6 Å². The van der Waals surface area contributed by atoms with Crippen LogP contribution in [-0.2, 0) is 0 Å². The van der Waals surface area contributed by atoms with Gasteiger partial charge in [0.15, 0.2) is 0 Å². The molecule has 5 heterocycles. The molecule has 2 bridgehead atoms. The molecule has 0 radical (unpaired) electrons. The van der Waals surface area contributed by atoms with Gasteiger partial charge in [-0.2, -0.15) is 0 Å². The van der Waals surface area contributed by atoms with E-state index in [1.807, 2.05) is 36.5 Å². The van der Waals surface area contributed by atoms with Crippen LogP contribution >= 0.6 is 0 Å². The van der Waals surface area contributed by atoms with E-state index in [4.69, 9.17) is 0 Å². The van der Waals surface area contributed by atoms with Crippen molar-refractivity contribution in [2.24, 2.45) is 5.92 Å². The van der Waals surface area contributed by atoms with Crippen LogP contribution in [0.5, 0.6) is 0 Å². The third-order valence-electron chi connectivity index (χ3n) is 7.47. The van der Waals surface area contributed by atoms with E-state index < -0.39 is 0 Å². The highest BCUT2D eigenvalue weighted by atomic mass is 16.1. The lowest BCUT2D eigenvalue weighted by atomic mass is 10.1. The lowest BCUT2D eigenvalue weighted by molar-refractivity contribution is 0.102. The number of pyridine rings is 2. The van der Waals surface area contributed by atoms with E-state index in [1.165, 1.54) is 19.3 Å². The van der Waals surface area contributed by atoms with Gasteiger partial charge >= 0.3 is 0 Å². The van der Waals surface area contributed by atoms with Crippen LogP contribution in [0, 0.1) is 5.92 Å². The molecule has 180 valence electrons. The second-order valence-corrected chi connectivity index (χ2v) is 9.79. The summed E-state index contributed by atoms with van der Waals surface area (Å²) in [5.74, 6) is 3.23. The number of piperazine rings is 1. The number of hydrogen-bond acceptors (Lipinski definition) is 8. The largest absolute Gasteiger partial charge is 0.353 e. The molecular weight excluding hydrogens is 440 g/mol. The SMILES string of the molecule is C[C@H]1CN(c2ccccn2)CCN1c1ncc(NC(=O)c2ccc(N3CC4CCC3C4)nc2)cn1. The van der Waals surface area contributed by atoms with E-state index in [9.17, 15) is 4.79 Å². The van der Waals surface area contributed by atoms with Crippen molar-refractivity contribution >= 4 is 29.2 Å². The number of aromatic nitrogens is 4. The standard InChI is InChI=1S/C26H30N8O/c1-18-16-32(23-4-2-3-9-27-23)10-11-33(18)26-29-14-21(15-30-26)31-25(35)20-6-8-24(28-13-20)34-17-19-5-7-22(34)12-19/h2-4,6,8-9,13-15,18-19,22H,5,7,10-12,16-17H2,1H3,(H,31,35)/t18-,19?,22?/m0/s1. The Hall–Kier alpha value is -3.75. The highest BCUT2D eigenvalue weighted by Gasteiger charge is 2.38. The van der Waals surface area contributed by atoms with Crippen molar-refractivity contribution in [1.29, 1.82) is 0 Å². The summed E-state index contributed by atoms with van der Waals surface area (Å²) in [4.78, 5) is 37.7. The highest BCUT2D eigenvalue weighted by Crippen LogP contribution is 2.39. The van der Waals surface area contributed by atoms with E-state index in [0.717, 1.165) is 43.7 Å². The molecule has 1 saturated carbocycles. The molecule has 1 N–H and O–H groups in total. The maximum atomic E-state index is 12.7. The van der Waals surface area contributed by atoms with Gasteiger partial charge in [-0.05, 0) is 56.4 Å². The molecule has 1 amide bonds. The van der Waals surface area contributed by atoms with Gasteiger partial charge < -0.3 is 20.0 Å². The van der Waals surface area contributed by atoms with Crippen LogP contribution in [0.2, 0.25) is 0 Å². The Labute approximate surface area is 205 Å². The monoisotopic (exact) mass is 470 g/mol. The molecular formula is C26H30N8O. The Morgan fingerprint density at radius 1 is 0.914 bits per heavy atom. The molecule has 9 heteroatoms. The van der Waals surface area contributed by atoms with Gasteiger partial charge in [0, 0.05) is 50.7 Å². The third kappa shape index (κ3) is 4.38. The predicted octanol–water partition coefficient (Wildman–Crippen LogP) is 3.22. The fraction of sp³-hybridized carbons (Fsp3) is 0.423. The van der Waals surface area contributed by atoms with E-state index >= 15 is 0 Å². The number of rotatable bonds is 5. The molecule has 1 aliphatic carbocycles. The molecule has 2 aliphatic heterocycles. The Morgan fingerprint density at radius 2 is 1.80 bits per heavy atom. The summed E-state index contributed by atoms with van der Waals surface area (Å²) in [6.07, 6.45) is 10.7. The van der Waals surface area contributed by atoms with Crippen LogP contribution in [-0.4, -0.2) is 64.1 Å². The fourth-order valence-electron chi connectivity index (χ4n) is 5.64. The average molecular weight is 471 g/mol. The summed E-state index contributed by atoms with van der Waals surface area (Å²) in [6.45, 7) is 5.76. The van der Waals surface area contributed by atoms with Crippen LogP contribution < -0.4 is 20.0 Å². The Morgan fingerprint density at radius 3 is 2.46 bits per heavy atom. The normalized spacial score (nSPS) is 23.6. The molecule has 0 spiro atoms. The molecule has 3 aliphatic rings. The van der Waals surface area contributed by atoms with Crippen molar-refractivity contribution in [2.45, 2.75) is 38.3 Å². The van der Waals surface area contributed by atoms with Crippen LogP contribution in [0.4, 0.5) is 23.3 Å². The number of amides is 1. The molecule has 3 aromatic rings. The molecule has 35 heavy (non-hydrogen) atoms. The number of piperidine rings is 1. The summed E-state index contributed by atoms with van der Waals surface area (Å²) in [5.41, 5.74) is 1.10. The average Bonchev–Trinajstić information content (AvgIpc) is 3.54. The van der Waals surface area contributed by atoms with Crippen molar-refractivity contribution in [3.8, 4) is 0 Å². The maximum absolute atomic E-state index is 12.7. The molecule has 3 aromatic heterocycles. The van der Waals surface area contributed by atoms with E-state index in [-0.39, 0.29) is 11.9 Å². The quantitative estimate of drug-likeness (QED) is 0.608. The number of hydrogen-bond donors (Lipinski definition) is 1. The van der Waals surface area contributed by atoms with Crippen LogP contribution in [0.3, 0.4) is 0 Å².